The van der Waals surface area contributed by atoms with Crippen molar-refractivity contribution in [3.05, 3.63) is 47.2 Å². The Kier molecular flexibility index (Phi) is 7.26. The summed E-state index contributed by atoms with van der Waals surface area (Å²) in [7, 11) is 1.69. The Bertz CT molecular complexity index is 1420. The Hall–Kier alpha value is -3.81. The smallest absolute Gasteiger partial charge is 0.229 e. The second-order valence-electron chi connectivity index (χ2n) is 10.1. The fraction of sp³-hybridized carbons (Fsp3) is 0.500. The van der Waals surface area contributed by atoms with Gasteiger partial charge in [0.15, 0.2) is 11.6 Å². The molecule has 39 heavy (non-hydrogen) atoms. The zero-order valence-electron chi connectivity index (χ0n) is 22.1. The van der Waals surface area contributed by atoms with E-state index in [9.17, 15) is 5.11 Å². The summed E-state index contributed by atoms with van der Waals surface area (Å²) in [6, 6.07) is 6.33. The van der Waals surface area contributed by atoms with Gasteiger partial charge in [0, 0.05) is 50.7 Å². The summed E-state index contributed by atoms with van der Waals surface area (Å²) in [4.78, 5) is 18.0. The molecule has 206 valence electrons. The SMILES string of the molecule is COc1cc(CN2CCN(CCO)CC2)ccc1Cn1ncc2nc(N)nc(NCc3noc(C4CC4)n3)c21. The molecule has 1 saturated heterocycles. The first-order chi connectivity index (χ1) is 19.1. The maximum absolute atomic E-state index is 9.17. The van der Waals surface area contributed by atoms with Crippen molar-refractivity contribution in [3.63, 3.8) is 0 Å². The first-order valence-corrected chi connectivity index (χ1v) is 13.4. The molecule has 0 unspecified atom stereocenters. The predicted molar refractivity (Wildman–Crippen MR) is 144 cm³/mol. The number of nitrogens with two attached hydrogens (primary N) is 1. The number of hydrogen-bond acceptors (Lipinski definition) is 12. The number of benzene rings is 1. The molecule has 0 amide bonds. The number of rotatable bonds is 11. The highest BCUT2D eigenvalue weighted by atomic mass is 16.5. The maximum atomic E-state index is 9.17. The minimum Gasteiger partial charge on any atom is -0.496 e. The van der Waals surface area contributed by atoms with Gasteiger partial charge in [0.25, 0.3) is 0 Å². The standard InChI is InChI=1S/C26H34N10O3/c1-38-21-12-17(15-35-8-6-34(7-9-35)10-11-37)2-3-19(21)16-36-23-20(13-29-36)30-26(27)32-24(23)28-14-22-31-25(39-33-22)18-4-5-18/h2-3,12-13,18,37H,4-11,14-16H2,1H3,(H3,27,28,30,32). The minimum absolute atomic E-state index is 0.162. The summed E-state index contributed by atoms with van der Waals surface area (Å²) in [5.74, 6) is 3.20. The van der Waals surface area contributed by atoms with Gasteiger partial charge in [0.2, 0.25) is 11.8 Å². The van der Waals surface area contributed by atoms with Crippen molar-refractivity contribution in [1.82, 2.24) is 39.7 Å². The van der Waals surface area contributed by atoms with Gasteiger partial charge in [0.05, 0.1) is 33.0 Å². The molecule has 2 aliphatic rings. The van der Waals surface area contributed by atoms with Crippen LogP contribution in [-0.4, -0.2) is 91.2 Å². The molecule has 1 aliphatic heterocycles. The number of fused-ring (bicyclic) bond motifs is 1. The van der Waals surface area contributed by atoms with E-state index < -0.39 is 0 Å². The fourth-order valence-electron chi connectivity index (χ4n) is 5.01. The van der Waals surface area contributed by atoms with E-state index in [-0.39, 0.29) is 12.6 Å². The monoisotopic (exact) mass is 534 g/mol. The van der Waals surface area contributed by atoms with Crippen LogP contribution >= 0.6 is 0 Å². The molecule has 6 rings (SSSR count). The second-order valence-corrected chi connectivity index (χ2v) is 10.1. The third-order valence-electron chi connectivity index (χ3n) is 7.29. The molecule has 4 aromatic rings. The van der Waals surface area contributed by atoms with E-state index >= 15 is 0 Å². The summed E-state index contributed by atoms with van der Waals surface area (Å²) in [5, 5.41) is 21.1. The molecule has 0 radical (unpaired) electrons. The van der Waals surface area contributed by atoms with Crippen LogP contribution in [0.4, 0.5) is 11.8 Å². The van der Waals surface area contributed by atoms with E-state index in [1.807, 2.05) is 4.68 Å². The number of methoxy groups -OCH3 is 1. The molecule has 0 bridgehead atoms. The zero-order valence-corrected chi connectivity index (χ0v) is 22.1. The van der Waals surface area contributed by atoms with Crippen molar-refractivity contribution in [2.75, 3.05) is 57.5 Å². The largest absolute Gasteiger partial charge is 0.496 e. The molecule has 2 fully saturated rings. The van der Waals surface area contributed by atoms with Crippen LogP contribution in [0, 0.1) is 0 Å². The van der Waals surface area contributed by atoms with E-state index in [4.69, 9.17) is 15.0 Å². The number of anilines is 2. The zero-order chi connectivity index (χ0) is 26.8. The molecule has 0 atom stereocenters. The van der Waals surface area contributed by atoms with Crippen molar-refractivity contribution < 1.29 is 14.4 Å². The lowest BCUT2D eigenvalue weighted by molar-refractivity contribution is 0.108. The lowest BCUT2D eigenvalue weighted by atomic mass is 10.1. The van der Waals surface area contributed by atoms with Crippen LogP contribution < -0.4 is 15.8 Å². The average Bonchev–Trinajstić information content (AvgIpc) is 3.55. The van der Waals surface area contributed by atoms with Crippen LogP contribution in [0.1, 0.15) is 41.6 Å². The van der Waals surface area contributed by atoms with Crippen molar-refractivity contribution in [1.29, 1.82) is 0 Å². The number of β-amino-alcohol motifs (C(OH)–C–C–N with tert-alkyl or cyclic N) is 1. The van der Waals surface area contributed by atoms with E-state index in [0.29, 0.717) is 42.1 Å². The van der Waals surface area contributed by atoms with Gasteiger partial charge in [-0.1, -0.05) is 17.3 Å². The van der Waals surface area contributed by atoms with Crippen LogP contribution in [0.2, 0.25) is 0 Å². The second kappa shape index (κ2) is 11.1. The van der Waals surface area contributed by atoms with Crippen LogP contribution in [0.25, 0.3) is 11.0 Å². The molecule has 4 N–H and O–H groups in total. The minimum atomic E-state index is 0.162. The van der Waals surface area contributed by atoms with Gasteiger partial charge in [-0.3, -0.25) is 14.5 Å². The molecule has 1 aliphatic carbocycles. The van der Waals surface area contributed by atoms with Crippen molar-refractivity contribution in [2.45, 2.75) is 38.4 Å². The third-order valence-corrected chi connectivity index (χ3v) is 7.29. The van der Waals surface area contributed by atoms with Crippen molar-refractivity contribution in [2.24, 2.45) is 0 Å². The number of aromatic nitrogens is 6. The number of ether oxygens (including phenoxy) is 1. The van der Waals surface area contributed by atoms with Gasteiger partial charge in [0.1, 0.15) is 16.8 Å². The summed E-state index contributed by atoms with van der Waals surface area (Å²) in [5.41, 5.74) is 9.56. The molecule has 13 nitrogen and oxygen atoms in total. The van der Waals surface area contributed by atoms with E-state index in [0.717, 1.165) is 68.9 Å². The molecule has 3 aromatic heterocycles. The van der Waals surface area contributed by atoms with E-state index in [2.05, 4.69) is 58.5 Å². The molecule has 13 heteroatoms. The lowest BCUT2D eigenvalue weighted by Gasteiger charge is -2.34. The van der Waals surface area contributed by atoms with Crippen LogP contribution in [0.15, 0.2) is 28.9 Å². The quantitative estimate of drug-likeness (QED) is 0.255. The summed E-state index contributed by atoms with van der Waals surface area (Å²) >= 11 is 0. The number of hydrogen-bond donors (Lipinski definition) is 3. The topological polar surface area (TPSA) is 157 Å². The summed E-state index contributed by atoms with van der Waals surface area (Å²) < 4.78 is 13.0. The van der Waals surface area contributed by atoms with Gasteiger partial charge in [-0.15, -0.1) is 0 Å². The molecular formula is C26H34N10O3. The highest BCUT2D eigenvalue weighted by Crippen LogP contribution is 2.38. The van der Waals surface area contributed by atoms with Gasteiger partial charge < -0.3 is 25.4 Å². The van der Waals surface area contributed by atoms with Gasteiger partial charge in [-0.25, -0.2) is 4.98 Å². The lowest BCUT2D eigenvalue weighted by Crippen LogP contribution is -2.46. The highest BCUT2D eigenvalue weighted by molar-refractivity contribution is 5.86. The van der Waals surface area contributed by atoms with E-state index in [1.165, 1.54) is 5.56 Å². The third kappa shape index (κ3) is 5.79. The van der Waals surface area contributed by atoms with Crippen LogP contribution in [0.3, 0.4) is 0 Å². The maximum Gasteiger partial charge on any atom is 0.229 e. The first kappa shape index (κ1) is 25.5. The molecule has 1 saturated carbocycles. The Morgan fingerprint density at radius 3 is 2.69 bits per heavy atom. The Morgan fingerprint density at radius 1 is 1.10 bits per heavy atom. The molecule has 4 heterocycles. The van der Waals surface area contributed by atoms with Crippen molar-refractivity contribution in [3.8, 4) is 5.75 Å². The number of aliphatic hydroxyl groups is 1. The molecule has 1 aromatic carbocycles. The summed E-state index contributed by atoms with van der Waals surface area (Å²) in [6.45, 7) is 6.53. The molecule has 0 spiro atoms. The van der Waals surface area contributed by atoms with Gasteiger partial charge in [-0.05, 0) is 24.5 Å². The predicted octanol–water partition coefficient (Wildman–Crippen LogP) is 1.45. The van der Waals surface area contributed by atoms with E-state index in [1.54, 1.807) is 13.3 Å². The number of nitrogen functional groups attached to an aromatic ring is 1. The number of piperazine rings is 1. The van der Waals surface area contributed by atoms with Gasteiger partial charge >= 0.3 is 0 Å². The highest BCUT2D eigenvalue weighted by Gasteiger charge is 2.29. The Morgan fingerprint density at radius 2 is 1.92 bits per heavy atom. The Balaban J connectivity index is 1.17. The first-order valence-electron chi connectivity index (χ1n) is 13.4. The molecular weight excluding hydrogens is 500 g/mol. The van der Waals surface area contributed by atoms with Gasteiger partial charge in [-0.2, -0.15) is 15.1 Å². The number of aliphatic hydroxyl groups excluding tert-OH is 1. The van der Waals surface area contributed by atoms with Crippen LogP contribution in [-0.2, 0) is 19.6 Å². The Labute approximate surface area is 226 Å². The summed E-state index contributed by atoms with van der Waals surface area (Å²) in [6.07, 6.45) is 3.89. The number of nitrogens with zero attached hydrogens (tertiary/aromatic N) is 8. The normalized spacial score (nSPS) is 16.7. The van der Waals surface area contributed by atoms with Crippen molar-refractivity contribution >= 4 is 22.8 Å². The fourth-order valence-corrected chi connectivity index (χ4v) is 5.01. The van der Waals surface area contributed by atoms with Crippen LogP contribution in [0.5, 0.6) is 5.75 Å². The number of nitrogens with one attached hydrogen (secondary N) is 1. The average molecular weight is 535 g/mol.